The average molecular weight is 250 g/mol. The third-order valence-corrected chi connectivity index (χ3v) is 1.55. The van der Waals surface area contributed by atoms with Crippen LogP contribution in [0.15, 0.2) is 0 Å². The van der Waals surface area contributed by atoms with Crippen molar-refractivity contribution in [3.63, 3.8) is 0 Å². The second-order valence-corrected chi connectivity index (χ2v) is 3.05. The van der Waals surface area contributed by atoms with Gasteiger partial charge in [-0.3, -0.25) is 9.59 Å². The Morgan fingerprint density at radius 1 is 0.882 bits per heavy atom. The van der Waals surface area contributed by atoms with Gasteiger partial charge >= 0.3 is 18.1 Å². The maximum Gasteiger partial charge on any atom is 0.505 e. The summed E-state index contributed by atoms with van der Waals surface area (Å²) in [4.78, 5) is 29.3. The van der Waals surface area contributed by atoms with Gasteiger partial charge in [0, 0.05) is 12.8 Å². The SMILES string of the molecule is CCOC(=O)O.O=C(O)CCCCCC(=O)O. The number of carboxylic acids is 2. The van der Waals surface area contributed by atoms with E-state index in [-0.39, 0.29) is 19.4 Å². The molecule has 0 saturated heterocycles. The van der Waals surface area contributed by atoms with Gasteiger partial charge in [0.1, 0.15) is 0 Å². The van der Waals surface area contributed by atoms with Gasteiger partial charge in [0.15, 0.2) is 0 Å². The Labute approximate surface area is 99.0 Å². The molecule has 0 aliphatic rings. The Hall–Kier alpha value is -1.79. The fourth-order valence-corrected chi connectivity index (χ4v) is 0.853. The van der Waals surface area contributed by atoms with Gasteiger partial charge in [0.25, 0.3) is 0 Å². The minimum absolute atomic E-state index is 0.139. The van der Waals surface area contributed by atoms with Crippen LogP contribution in [0.1, 0.15) is 39.0 Å². The van der Waals surface area contributed by atoms with Crippen LogP contribution in [0.2, 0.25) is 0 Å². The summed E-state index contributed by atoms with van der Waals surface area (Å²) >= 11 is 0. The lowest BCUT2D eigenvalue weighted by Gasteiger charge is -1.94. The van der Waals surface area contributed by atoms with Gasteiger partial charge in [-0.2, -0.15) is 0 Å². The molecule has 100 valence electrons. The molecule has 0 atom stereocenters. The average Bonchev–Trinajstić information content (AvgIpc) is 2.16. The van der Waals surface area contributed by atoms with E-state index in [0.29, 0.717) is 19.3 Å². The van der Waals surface area contributed by atoms with Crippen LogP contribution in [-0.4, -0.2) is 40.0 Å². The third kappa shape index (κ3) is 25.0. The van der Waals surface area contributed by atoms with Crippen molar-refractivity contribution in [2.24, 2.45) is 0 Å². The quantitative estimate of drug-likeness (QED) is 0.465. The fraction of sp³-hybridized carbons (Fsp3) is 0.700. The fourth-order valence-electron chi connectivity index (χ4n) is 0.853. The summed E-state index contributed by atoms with van der Waals surface area (Å²) in [5.41, 5.74) is 0. The number of rotatable bonds is 7. The molecule has 0 aromatic rings. The van der Waals surface area contributed by atoms with E-state index < -0.39 is 18.1 Å². The van der Waals surface area contributed by atoms with Crippen LogP contribution >= 0.6 is 0 Å². The van der Waals surface area contributed by atoms with E-state index in [2.05, 4.69) is 4.74 Å². The van der Waals surface area contributed by atoms with Crippen molar-refractivity contribution in [3.05, 3.63) is 0 Å². The molecule has 0 saturated carbocycles. The first-order valence-corrected chi connectivity index (χ1v) is 5.19. The van der Waals surface area contributed by atoms with Crippen molar-refractivity contribution in [2.75, 3.05) is 6.61 Å². The van der Waals surface area contributed by atoms with Crippen LogP contribution in [0.4, 0.5) is 4.79 Å². The molecule has 0 rings (SSSR count). The van der Waals surface area contributed by atoms with E-state index in [9.17, 15) is 14.4 Å². The van der Waals surface area contributed by atoms with Crippen LogP contribution in [0.5, 0.6) is 0 Å². The number of carbonyl (C=O) groups is 3. The highest BCUT2D eigenvalue weighted by Crippen LogP contribution is 2.02. The maximum absolute atomic E-state index is 9.98. The molecular weight excluding hydrogens is 232 g/mol. The van der Waals surface area contributed by atoms with Crippen LogP contribution < -0.4 is 0 Å². The molecule has 7 heteroatoms. The zero-order valence-corrected chi connectivity index (χ0v) is 9.72. The Morgan fingerprint density at radius 2 is 1.29 bits per heavy atom. The molecule has 3 N–H and O–H groups in total. The van der Waals surface area contributed by atoms with Gasteiger partial charge in [0.05, 0.1) is 6.61 Å². The zero-order chi connectivity index (χ0) is 13.7. The second-order valence-electron chi connectivity index (χ2n) is 3.05. The lowest BCUT2D eigenvalue weighted by molar-refractivity contribution is -0.137. The Kier molecular flexibility index (Phi) is 12.7. The number of unbranched alkanes of at least 4 members (excludes halogenated alkanes) is 2. The third-order valence-electron chi connectivity index (χ3n) is 1.55. The number of hydrogen-bond acceptors (Lipinski definition) is 4. The van der Waals surface area contributed by atoms with Gasteiger partial charge in [0.2, 0.25) is 0 Å². The zero-order valence-electron chi connectivity index (χ0n) is 9.72. The van der Waals surface area contributed by atoms with Crippen molar-refractivity contribution in [1.82, 2.24) is 0 Å². The summed E-state index contributed by atoms with van der Waals surface area (Å²) in [6.45, 7) is 1.85. The molecule has 0 aromatic heterocycles. The summed E-state index contributed by atoms with van der Waals surface area (Å²) in [5.74, 6) is -1.64. The van der Waals surface area contributed by atoms with Crippen molar-refractivity contribution in [3.8, 4) is 0 Å². The van der Waals surface area contributed by atoms with E-state index in [1.54, 1.807) is 6.92 Å². The van der Waals surface area contributed by atoms with Crippen LogP contribution in [0, 0.1) is 0 Å². The predicted octanol–water partition coefficient (Wildman–Crippen LogP) is 1.81. The first kappa shape index (κ1) is 17.6. The van der Waals surface area contributed by atoms with Gasteiger partial charge in [-0.05, 0) is 19.8 Å². The van der Waals surface area contributed by atoms with Crippen LogP contribution in [-0.2, 0) is 14.3 Å². The maximum atomic E-state index is 9.98. The van der Waals surface area contributed by atoms with Crippen molar-refractivity contribution in [2.45, 2.75) is 39.0 Å². The highest BCUT2D eigenvalue weighted by molar-refractivity contribution is 5.67. The summed E-state index contributed by atoms with van der Waals surface area (Å²) in [7, 11) is 0. The largest absolute Gasteiger partial charge is 0.505 e. The van der Waals surface area contributed by atoms with Gasteiger partial charge in [-0.15, -0.1) is 0 Å². The molecule has 17 heavy (non-hydrogen) atoms. The molecule has 7 nitrogen and oxygen atoms in total. The monoisotopic (exact) mass is 250 g/mol. The van der Waals surface area contributed by atoms with Crippen molar-refractivity contribution >= 4 is 18.1 Å². The van der Waals surface area contributed by atoms with E-state index in [1.807, 2.05) is 0 Å². The molecule has 0 aliphatic heterocycles. The molecule has 0 aromatic carbocycles. The lowest BCUT2D eigenvalue weighted by atomic mass is 10.1. The highest BCUT2D eigenvalue weighted by atomic mass is 16.7. The normalized spacial score (nSPS) is 8.76. The Balaban J connectivity index is 0. The first-order valence-electron chi connectivity index (χ1n) is 5.19. The van der Waals surface area contributed by atoms with Crippen molar-refractivity contribution < 1.29 is 34.4 Å². The summed E-state index contributed by atoms with van der Waals surface area (Å²) in [5, 5.41) is 24.1. The van der Waals surface area contributed by atoms with E-state index in [4.69, 9.17) is 15.3 Å². The van der Waals surface area contributed by atoms with Gasteiger partial charge in [-0.25, -0.2) is 4.79 Å². The summed E-state index contributed by atoms with van der Waals surface area (Å²) < 4.78 is 3.96. The molecule has 0 bridgehead atoms. The van der Waals surface area contributed by atoms with E-state index in [1.165, 1.54) is 0 Å². The molecule has 0 heterocycles. The predicted molar refractivity (Wildman–Crippen MR) is 58.0 cm³/mol. The molecule has 0 radical (unpaired) electrons. The van der Waals surface area contributed by atoms with E-state index in [0.717, 1.165) is 0 Å². The standard InChI is InChI=1S/C7H12O4.C3H6O3/c8-6(9)4-2-1-3-5-7(10)11;1-2-6-3(4)5/h1-5H2,(H,8,9)(H,10,11);2H2,1H3,(H,4,5). The van der Waals surface area contributed by atoms with Gasteiger partial charge in [-0.1, -0.05) is 6.42 Å². The minimum Gasteiger partial charge on any atom is -0.481 e. The number of carboxylic acid groups (broad SMARTS) is 3. The number of hydrogen-bond donors (Lipinski definition) is 3. The molecule has 0 aliphatic carbocycles. The van der Waals surface area contributed by atoms with Gasteiger partial charge < -0.3 is 20.1 Å². The first-order chi connectivity index (χ1) is 7.90. The Morgan fingerprint density at radius 3 is 1.47 bits per heavy atom. The van der Waals surface area contributed by atoms with Crippen LogP contribution in [0.25, 0.3) is 0 Å². The molecule has 0 unspecified atom stereocenters. The van der Waals surface area contributed by atoms with E-state index >= 15 is 0 Å². The highest BCUT2D eigenvalue weighted by Gasteiger charge is 1.98. The molecular formula is C10H18O7. The second kappa shape index (κ2) is 12.3. The molecule has 0 fully saturated rings. The van der Waals surface area contributed by atoms with Crippen molar-refractivity contribution in [1.29, 1.82) is 0 Å². The smallest absolute Gasteiger partial charge is 0.481 e. The summed E-state index contributed by atoms with van der Waals surface area (Å²) in [6.07, 6.45) is 0.890. The van der Waals surface area contributed by atoms with Crippen LogP contribution in [0.3, 0.4) is 0 Å². The number of ether oxygens (including phenoxy) is 1. The topological polar surface area (TPSA) is 121 Å². The Bertz CT molecular complexity index is 221. The lowest BCUT2D eigenvalue weighted by Crippen LogP contribution is -1.97. The molecule has 0 spiro atoms. The number of aliphatic carboxylic acids is 2. The molecule has 0 amide bonds. The minimum atomic E-state index is -1.21. The summed E-state index contributed by atoms with van der Waals surface area (Å²) in [6, 6.07) is 0.